The Morgan fingerprint density at radius 1 is 1.19 bits per heavy atom. The van der Waals surface area contributed by atoms with Crippen molar-refractivity contribution in [2.45, 2.75) is 11.7 Å². The molecule has 0 fully saturated rings. The van der Waals surface area contributed by atoms with Crippen molar-refractivity contribution in [2.75, 3.05) is 32.6 Å². The summed E-state index contributed by atoms with van der Waals surface area (Å²) < 4.78 is 11.8. The van der Waals surface area contributed by atoms with E-state index in [4.69, 9.17) is 9.47 Å². The number of hydrogen-bond acceptors (Lipinski definition) is 7. The molecule has 4 rings (SSSR count). The number of carbonyl (C=O) groups excluding carboxylic acids is 3. The van der Waals surface area contributed by atoms with Crippen LogP contribution in [0.3, 0.4) is 0 Å². The van der Waals surface area contributed by atoms with E-state index < -0.39 is 17.2 Å². The second-order valence-corrected chi connectivity index (χ2v) is 9.13. The number of allylic oxidation sites excluding steroid dienone is 1. The zero-order chi connectivity index (χ0) is 22.7. The Morgan fingerprint density at radius 3 is 2.59 bits per heavy atom. The summed E-state index contributed by atoms with van der Waals surface area (Å²) in [5.41, 5.74) is 1.02. The number of urea groups is 1. The first-order chi connectivity index (χ1) is 15.5. The molecule has 1 aromatic heterocycles. The molecular weight excluding hydrogens is 450 g/mol. The predicted octanol–water partition coefficient (Wildman–Crippen LogP) is 2.99. The van der Waals surface area contributed by atoms with Gasteiger partial charge in [-0.2, -0.15) is 14.3 Å². The minimum Gasteiger partial charge on any atom is -0.497 e. The van der Waals surface area contributed by atoms with Gasteiger partial charge in [0.15, 0.2) is 11.8 Å². The smallest absolute Gasteiger partial charge is 0.497 e. The Balaban J connectivity index is 1.52. The molecule has 32 heavy (non-hydrogen) atoms. The minimum absolute atomic E-state index is 0.210. The topological polar surface area (TPSA) is 88.0 Å². The van der Waals surface area contributed by atoms with Crippen molar-refractivity contribution in [1.29, 1.82) is 0 Å². The number of amides is 4. The van der Waals surface area contributed by atoms with Crippen molar-refractivity contribution in [3.05, 3.63) is 52.1 Å². The number of carbonyl (C=O) groups is 3. The number of thiophene rings is 1. The Hall–Kier alpha value is -3.11. The Labute approximate surface area is 193 Å². The number of hydrogen-bond donors (Lipinski definition) is 1. The van der Waals surface area contributed by atoms with Crippen LogP contribution in [0.2, 0.25) is 0 Å². The lowest BCUT2D eigenvalue weighted by atomic mass is 10.1. The van der Waals surface area contributed by atoms with Crippen molar-refractivity contribution in [3.63, 3.8) is 0 Å². The maximum Gasteiger partial charge on any atom is 0.501 e. The lowest BCUT2D eigenvalue weighted by Crippen LogP contribution is -2.56. The lowest BCUT2D eigenvalue weighted by Gasteiger charge is -2.24. The molecule has 1 N–H and O–H groups in total. The number of ether oxygens (including phenoxy) is 2. The molecule has 0 radical (unpaired) electrons. The number of nitrogens with one attached hydrogen (secondary N) is 1. The standard InChI is InChI=1S/C22H21N3O5S2/c1-29-15-10-14(11-16(12-15)30-2)23-19(26)13-25-18-6-9-32-20(18)21(27)24(22(25)28)7-5-17-4-3-8-31-17/h3-4,6,8-12,20H,5,7,13H2,1-2H3/p+1. The van der Waals surface area contributed by atoms with Gasteiger partial charge in [0.05, 0.1) is 14.2 Å². The van der Waals surface area contributed by atoms with E-state index in [0.717, 1.165) is 4.88 Å². The molecule has 0 saturated heterocycles. The molecule has 0 spiro atoms. The number of imide groups is 1. The highest BCUT2D eigenvalue weighted by atomic mass is 32.2. The first-order valence-electron chi connectivity index (χ1n) is 9.87. The van der Waals surface area contributed by atoms with Gasteiger partial charge < -0.3 is 14.8 Å². The van der Waals surface area contributed by atoms with Crippen LogP contribution in [0.1, 0.15) is 4.88 Å². The monoisotopic (exact) mass is 472 g/mol. The van der Waals surface area contributed by atoms with Crippen LogP contribution >= 0.6 is 23.1 Å². The van der Waals surface area contributed by atoms with Gasteiger partial charge in [-0.25, -0.2) is 4.79 Å². The molecule has 0 saturated carbocycles. The molecule has 1 unspecified atom stereocenters. The summed E-state index contributed by atoms with van der Waals surface area (Å²) in [6.45, 7) is 0.0611. The number of methoxy groups -OCH3 is 2. The van der Waals surface area contributed by atoms with Crippen LogP contribution < -0.4 is 14.8 Å². The fraction of sp³-hybridized carbons (Fsp3) is 0.273. The van der Waals surface area contributed by atoms with E-state index in [1.165, 1.54) is 35.5 Å². The van der Waals surface area contributed by atoms with Crippen molar-refractivity contribution >= 4 is 52.3 Å². The van der Waals surface area contributed by atoms with E-state index in [1.807, 2.05) is 17.5 Å². The van der Waals surface area contributed by atoms with Gasteiger partial charge in [0, 0.05) is 35.2 Å². The quantitative estimate of drug-likeness (QED) is 0.595. The van der Waals surface area contributed by atoms with E-state index in [-0.39, 0.29) is 19.0 Å². The minimum atomic E-state index is -0.513. The van der Waals surface area contributed by atoms with Crippen LogP contribution in [0.25, 0.3) is 0 Å². The molecular formula is C22H22N3O5S2+. The summed E-state index contributed by atoms with van der Waals surface area (Å²) in [7, 11) is 3.05. The highest BCUT2D eigenvalue weighted by Crippen LogP contribution is 2.29. The van der Waals surface area contributed by atoms with E-state index in [1.54, 1.807) is 41.0 Å². The predicted molar refractivity (Wildman–Crippen MR) is 124 cm³/mol. The molecule has 1 aromatic carbocycles. The third-order valence-electron chi connectivity index (χ3n) is 5.08. The van der Waals surface area contributed by atoms with Crippen molar-refractivity contribution in [3.8, 4) is 11.5 Å². The van der Waals surface area contributed by atoms with E-state index in [9.17, 15) is 14.4 Å². The number of nitrogens with zero attached hydrogens (tertiary/aromatic N) is 2. The van der Waals surface area contributed by atoms with Crippen LogP contribution in [0, 0.1) is 0 Å². The van der Waals surface area contributed by atoms with Gasteiger partial charge in [-0.3, -0.25) is 4.79 Å². The van der Waals surface area contributed by atoms with Crippen LogP contribution in [0.5, 0.6) is 11.5 Å². The third kappa shape index (κ3) is 4.56. The molecule has 166 valence electrons. The largest absolute Gasteiger partial charge is 0.501 e. The molecule has 4 amide bonds. The van der Waals surface area contributed by atoms with Crippen LogP contribution in [-0.4, -0.2) is 65.6 Å². The number of fused-ring (bicyclic) bond motifs is 1. The van der Waals surface area contributed by atoms with Crippen LogP contribution in [0.15, 0.2) is 47.2 Å². The normalized spacial score (nSPS) is 17.6. The van der Waals surface area contributed by atoms with Gasteiger partial charge in [0.25, 0.3) is 5.91 Å². The Bertz CT molecular complexity index is 1090. The second-order valence-electron chi connectivity index (χ2n) is 7.08. The van der Waals surface area contributed by atoms with Gasteiger partial charge in [0.1, 0.15) is 23.8 Å². The molecule has 0 aliphatic carbocycles. The van der Waals surface area contributed by atoms with Crippen molar-refractivity contribution in [2.24, 2.45) is 0 Å². The Morgan fingerprint density at radius 2 is 1.94 bits per heavy atom. The van der Waals surface area contributed by atoms with Crippen molar-refractivity contribution < 1.29 is 28.4 Å². The van der Waals surface area contributed by atoms with Gasteiger partial charge in [-0.15, -0.1) is 23.1 Å². The summed E-state index contributed by atoms with van der Waals surface area (Å²) in [6, 6.07) is 8.45. The molecule has 0 bridgehead atoms. The van der Waals surface area contributed by atoms with E-state index in [0.29, 0.717) is 29.3 Å². The zero-order valence-electron chi connectivity index (χ0n) is 17.6. The number of benzene rings is 1. The van der Waals surface area contributed by atoms with E-state index in [2.05, 4.69) is 5.32 Å². The average Bonchev–Trinajstić information content (AvgIpc) is 3.48. The van der Waals surface area contributed by atoms with Crippen LogP contribution in [-0.2, 0) is 16.0 Å². The van der Waals surface area contributed by atoms with E-state index >= 15 is 0 Å². The van der Waals surface area contributed by atoms with Gasteiger partial charge in [-0.05, 0) is 22.9 Å². The number of rotatable bonds is 8. The molecule has 2 aliphatic rings. The summed E-state index contributed by atoms with van der Waals surface area (Å²) >= 11 is 2.93. The fourth-order valence-corrected chi connectivity index (χ4v) is 5.18. The van der Waals surface area contributed by atoms with Crippen LogP contribution in [0.4, 0.5) is 10.5 Å². The highest BCUT2D eigenvalue weighted by molar-refractivity contribution is 8.04. The summed E-state index contributed by atoms with van der Waals surface area (Å²) in [6.07, 6.45) is 2.31. The third-order valence-corrected chi connectivity index (χ3v) is 7.03. The molecule has 8 nitrogen and oxygen atoms in total. The summed E-state index contributed by atoms with van der Waals surface area (Å²) in [5.74, 6) is 0.427. The van der Waals surface area contributed by atoms with Gasteiger partial charge in [-0.1, -0.05) is 6.07 Å². The first kappa shape index (κ1) is 22.1. The molecule has 2 aromatic rings. The highest BCUT2D eigenvalue weighted by Gasteiger charge is 2.49. The number of anilines is 1. The molecule has 10 heteroatoms. The van der Waals surface area contributed by atoms with Crippen molar-refractivity contribution in [1.82, 2.24) is 4.90 Å². The summed E-state index contributed by atoms with van der Waals surface area (Å²) in [4.78, 5) is 41.2. The maximum atomic E-state index is 13.2. The Kier molecular flexibility index (Phi) is 6.61. The molecule has 1 atom stereocenters. The number of thioether (sulfide) groups is 1. The summed E-state index contributed by atoms with van der Waals surface area (Å²) in [5, 5.41) is 6.01. The molecule has 3 heterocycles. The first-order valence-corrected chi connectivity index (χ1v) is 11.7. The van der Waals surface area contributed by atoms with Gasteiger partial charge >= 0.3 is 11.9 Å². The second kappa shape index (κ2) is 9.58. The lowest BCUT2D eigenvalue weighted by molar-refractivity contribution is -0.425. The maximum absolute atomic E-state index is 13.2. The fourth-order valence-electron chi connectivity index (χ4n) is 3.52. The molecule has 2 aliphatic heterocycles. The zero-order valence-corrected chi connectivity index (χ0v) is 19.2. The SMILES string of the molecule is COc1cc(NC(=O)C[N+]2=C3C=CSC3C(=O)N(CCc3cccs3)C2=O)cc(OC)c1. The average molecular weight is 473 g/mol. The van der Waals surface area contributed by atoms with Gasteiger partial charge in [0.2, 0.25) is 0 Å².